The molecule has 1 rings (SSSR count). The van der Waals surface area contributed by atoms with Gasteiger partial charge in [0.2, 0.25) is 0 Å². The van der Waals surface area contributed by atoms with Gasteiger partial charge in [0.05, 0.1) is 0 Å². The standard InChI is InChI=1S/C7H10BrNS/c1-7(2,9)6-3-5(8)4-10-6/h3-4H,9H2,1-2H3. The third-order valence-corrected chi connectivity index (χ3v) is 3.23. The molecule has 56 valence electrons. The molecule has 10 heavy (non-hydrogen) atoms. The molecule has 1 nitrogen and oxygen atoms in total. The Bertz CT molecular complexity index is 224. The van der Waals surface area contributed by atoms with Crippen molar-refractivity contribution >= 4 is 27.3 Å². The van der Waals surface area contributed by atoms with Gasteiger partial charge in [0.25, 0.3) is 0 Å². The van der Waals surface area contributed by atoms with Crippen LogP contribution in [0.3, 0.4) is 0 Å². The van der Waals surface area contributed by atoms with E-state index >= 15 is 0 Å². The Kier molecular flexibility index (Phi) is 2.18. The molecule has 2 N–H and O–H groups in total. The van der Waals surface area contributed by atoms with Crippen LogP contribution in [0.1, 0.15) is 18.7 Å². The smallest absolute Gasteiger partial charge is 0.0447 e. The number of rotatable bonds is 1. The van der Waals surface area contributed by atoms with Crippen LogP contribution >= 0.6 is 27.3 Å². The molecule has 0 bridgehead atoms. The highest BCUT2D eigenvalue weighted by molar-refractivity contribution is 9.10. The van der Waals surface area contributed by atoms with E-state index in [-0.39, 0.29) is 5.54 Å². The summed E-state index contributed by atoms with van der Waals surface area (Å²) in [7, 11) is 0. The minimum Gasteiger partial charge on any atom is -0.321 e. The van der Waals surface area contributed by atoms with E-state index in [1.54, 1.807) is 11.3 Å². The number of nitrogens with two attached hydrogens (primary N) is 1. The van der Waals surface area contributed by atoms with Gasteiger partial charge >= 0.3 is 0 Å². The molecular formula is C7H10BrNS. The fourth-order valence-electron chi connectivity index (χ4n) is 0.651. The quantitative estimate of drug-likeness (QED) is 0.773. The summed E-state index contributed by atoms with van der Waals surface area (Å²) in [5.41, 5.74) is 5.66. The van der Waals surface area contributed by atoms with Crippen LogP contribution in [0, 0.1) is 0 Å². The van der Waals surface area contributed by atoms with Crippen LogP contribution in [-0.4, -0.2) is 0 Å². The van der Waals surface area contributed by atoms with Crippen molar-refractivity contribution in [2.75, 3.05) is 0 Å². The zero-order valence-corrected chi connectivity index (χ0v) is 8.42. The SMILES string of the molecule is CC(C)(N)c1cc(Br)cs1. The van der Waals surface area contributed by atoms with Crippen LogP contribution in [0.4, 0.5) is 0 Å². The summed E-state index contributed by atoms with van der Waals surface area (Å²) in [4.78, 5) is 1.21. The van der Waals surface area contributed by atoms with Crippen LogP contribution in [-0.2, 0) is 5.54 Å². The van der Waals surface area contributed by atoms with Crippen LogP contribution in [0.15, 0.2) is 15.9 Å². The first-order valence-electron chi connectivity index (χ1n) is 3.03. The van der Waals surface area contributed by atoms with E-state index in [2.05, 4.69) is 22.0 Å². The van der Waals surface area contributed by atoms with Gasteiger partial charge in [-0.1, -0.05) is 0 Å². The van der Waals surface area contributed by atoms with Crippen LogP contribution in [0.2, 0.25) is 0 Å². The van der Waals surface area contributed by atoms with E-state index in [1.165, 1.54) is 4.88 Å². The number of thiophene rings is 1. The largest absolute Gasteiger partial charge is 0.321 e. The maximum absolute atomic E-state index is 5.86. The molecule has 0 radical (unpaired) electrons. The summed E-state index contributed by atoms with van der Waals surface area (Å²) in [6, 6.07) is 2.06. The second-order valence-corrected chi connectivity index (χ2v) is 4.68. The molecule has 0 saturated carbocycles. The lowest BCUT2D eigenvalue weighted by Crippen LogP contribution is -2.27. The van der Waals surface area contributed by atoms with Crippen molar-refractivity contribution in [1.29, 1.82) is 0 Å². The van der Waals surface area contributed by atoms with Crippen LogP contribution in [0.5, 0.6) is 0 Å². The number of halogens is 1. The molecule has 0 aliphatic rings. The van der Waals surface area contributed by atoms with E-state index < -0.39 is 0 Å². The number of hydrogen-bond donors (Lipinski definition) is 1. The van der Waals surface area contributed by atoms with E-state index in [1.807, 2.05) is 19.2 Å². The zero-order chi connectivity index (χ0) is 7.78. The lowest BCUT2D eigenvalue weighted by molar-refractivity contribution is 0.567. The lowest BCUT2D eigenvalue weighted by Gasteiger charge is -2.15. The van der Waals surface area contributed by atoms with Crippen molar-refractivity contribution in [3.8, 4) is 0 Å². The van der Waals surface area contributed by atoms with Gasteiger partial charge in [-0.25, -0.2) is 0 Å². The Morgan fingerprint density at radius 1 is 1.60 bits per heavy atom. The van der Waals surface area contributed by atoms with Gasteiger partial charge in [-0.15, -0.1) is 11.3 Å². The molecule has 1 aromatic rings. The second kappa shape index (κ2) is 2.64. The van der Waals surface area contributed by atoms with Crippen LogP contribution < -0.4 is 5.73 Å². The highest BCUT2D eigenvalue weighted by atomic mass is 79.9. The first-order chi connectivity index (χ1) is 4.50. The molecule has 0 fully saturated rings. The van der Waals surface area contributed by atoms with Gasteiger partial charge in [-0.05, 0) is 35.8 Å². The van der Waals surface area contributed by atoms with Crippen LogP contribution in [0.25, 0.3) is 0 Å². The Balaban J connectivity index is 2.96. The summed E-state index contributed by atoms with van der Waals surface area (Å²) in [6.07, 6.45) is 0. The van der Waals surface area contributed by atoms with E-state index in [0.29, 0.717) is 0 Å². The fourth-order valence-corrected chi connectivity index (χ4v) is 2.12. The fraction of sp³-hybridized carbons (Fsp3) is 0.429. The van der Waals surface area contributed by atoms with Crippen molar-refractivity contribution < 1.29 is 0 Å². The van der Waals surface area contributed by atoms with E-state index in [4.69, 9.17) is 5.73 Å². The van der Waals surface area contributed by atoms with Crippen molar-refractivity contribution in [3.05, 3.63) is 20.8 Å². The Hall–Kier alpha value is 0.140. The normalized spacial score (nSPS) is 12.0. The Labute approximate surface area is 73.4 Å². The molecule has 0 spiro atoms. The third-order valence-electron chi connectivity index (χ3n) is 1.20. The van der Waals surface area contributed by atoms with Crippen molar-refractivity contribution in [2.24, 2.45) is 5.73 Å². The molecule has 0 atom stereocenters. The molecule has 0 aromatic carbocycles. The first kappa shape index (κ1) is 8.24. The minimum atomic E-state index is -0.198. The van der Waals surface area contributed by atoms with E-state index in [9.17, 15) is 0 Å². The number of hydrogen-bond acceptors (Lipinski definition) is 2. The molecule has 0 saturated heterocycles. The summed E-state index contributed by atoms with van der Waals surface area (Å²) < 4.78 is 1.12. The maximum Gasteiger partial charge on any atom is 0.0447 e. The molecular weight excluding hydrogens is 210 g/mol. The maximum atomic E-state index is 5.86. The van der Waals surface area contributed by atoms with E-state index in [0.717, 1.165) is 4.47 Å². The summed E-state index contributed by atoms with van der Waals surface area (Å²) >= 11 is 5.06. The molecule has 0 unspecified atom stereocenters. The topological polar surface area (TPSA) is 26.0 Å². The molecule has 0 amide bonds. The molecule has 1 heterocycles. The molecule has 1 aromatic heterocycles. The first-order valence-corrected chi connectivity index (χ1v) is 4.71. The van der Waals surface area contributed by atoms with Gasteiger partial charge in [0, 0.05) is 20.3 Å². The zero-order valence-electron chi connectivity index (χ0n) is 6.02. The highest BCUT2D eigenvalue weighted by Gasteiger charge is 2.15. The average molecular weight is 220 g/mol. The van der Waals surface area contributed by atoms with Gasteiger partial charge in [-0.3, -0.25) is 0 Å². The summed E-state index contributed by atoms with van der Waals surface area (Å²) in [5, 5.41) is 2.05. The minimum absolute atomic E-state index is 0.198. The van der Waals surface area contributed by atoms with Gasteiger partial charge in [-0.2, -0.15) is 0 Å². The second-order valence-electron chi connectivity index (χ2n) is 2.85. The Morgan fingerprint density at radius 3 is 2.40 bits per heavy atom. The van der Waals surface area contributed by atoms with Crippen molar-refractivity contribution in [1.82, 2.24) is 0 Å². The van der Waals surface area contributed by atoms with Gasteiger partial charge in [0.15, 0.2) is 0 Å². The van der Waals surface area contributed by atoms with Gasteiger partial charge < -0.3 is 5.73 Å². The predicted molar refractivity (Wildman–Crippen MR) is 49.2 cm³/mol. The Morgan fingerprint density at radius 2 is 2.20 bits per heavy atom. The molecule has 0 aliphatic heterocycles. The summed E-state index contributed by atoms with van der Waals surface area (Å²) in [6.45, 7) is 4.01. The van der Waals surface area contributed by atoms with Crippen molar-refractivity contribution in [2.45, 2.75) is 19.4 Å². The molecule has 0 aliphatic carbocycles. The monoisotopic (exact) mass is 219 g/mol. The van der Waals surface area contributed by atoms with Crippen molar-refractivity contribution in [3.63, 3.8) is 0 Å². The highest BCUT2D eigenvalue weighted by Crippen LogP contribution is 2.27. The predicted octanol–water partition coefficient (Wildman–Crippen LogP) is 2.70. The lowest BCUT2D eigenvalue weighted by atomic mass is 10.1. The average Bonchev–Trinajstić information content (AvgIpc) is 2.11. The summed E-state index contributed by atoms with van der Waals surface area (Å²) in [5.74, 6) is 0. The van der Waals surface area contributed by atoms with Gasteiger partial charge in [0.1, 0.15) is 0 Å². The third kappa shape index (κ3) is 1.81. The molecule has 3 heteroatoms.